The maximum atomic E-state index is 2.62. The summed E-state index contributed by atoms with van der Waals surface area (Å²) >= 11 is 1.98. The second-order valence-electron chi connectivity index (χ2n) is 7.63. The van der Waals surface area contributed by atoms with Gasteiger partial charge in [0, 0.05) is 54.6 Å². The molecule has 1 aliphatic rings. The lowest BCUT2D eigenvalue weighted by Crippen LogP contribution is -2.46. The van der Waals surface area contributed by atoms with Crippen LogP contribution in [0.4, 0.5) is 5.69 Å². The Bertz CT molecular complexity index is 846. The summed E-state index contributed by atoms with van der Waals surface area (Å²) in [7, 11) is 0. The van der Waals surface area contributed by atoms with Gasteiger partial charge in [-0.05, 0) is 48.2 Å². The molecule has 0 bridgehead atoms. The number of piperazine rings is 1. The van der Waals surface area contributed by atoms with Crippen molar-refractivity contribution < 1.29 is 0 Å². The highest BCUT2D eigenvalue weighted by molar-refractivity contribution is 7.12. The Labute approximate surface area is 173 Å². The van der Waals surface area contributed by atoms with Gasteiger partial charge in [0.05, 0.1) is 0 Å². The second kappa shape index (κ2) is 9.40. The van der Waals surface area contributed by atoms with Crippen LogP contribution in [0, 0.1) is 0 Å². The summed E-state index contributed by atoms with van der Waals surface area (Å²) in [5, 5.41) is 0. The van der Waals surface area contributed by atoms with Gasteiger partial charge in [-0.3, -0.25) is 4.90 Å². The Morgan fingerprint density at radius 2 is 1.46 bits per heavy atom. The van der Waals surface area contributed by atoms with Crippen molar-refractivity contribution >= 4 is 17.0 Å². The molecule has 1 aromatic heterocycles. The molecule has 0 spiro atoms. The zero-order valence-electron chi connectivity index (χ0n) is 16.8. The van der Waals surface area contributed by atoms with Crippen LogP contribution < -0.4 is 4.90 Å². The third-order valence-electron chi connectivity index (χ3n) is 5.69. The van der Waals surface area contributed by atoms with E-state index in [1.165, 1.54) is 39.5 Å². The van der Waals surface area contributed by atoms with Gasteiger partial charge in [-0.25, -0.2) is 0 Å². The minimum absolute atomic E-state index is 1.06. The van der Waals surface area contributed by atoms with Gasteiger partial charge < -0.3 is 4.90 Å². The third-order valence-corrected chi connectivity index (χ3v) is 6.84. The quantitative estimate of drug-likeness (QED) is 0.542. The van der Waals surface area contributed by atoms with Crippen LogP contribution in [-0.4, -0.2) is 37.6 Å². The molecule has 0 radical (unpaired) electrons. The lowest BCUT2D eigenvalue weighted by Gasteiger charge is -2.36. The van der Waals surface area contributed by atoms with E-state index in [4.69, 9.17) is 0 Å². The van der Waals surface area contributed by atoms with Crippen molar-refractivity contribution in [3.63, 3.8) is 0 Å². The van der Waals surface area contributed by atoms with Gasteiger partial charge in [0.1, 0.15) is 0 Å². The molecule has 0 saturated carbocycles. The first-order chi connectivity index (χ1) is 13.8. The second-order valence-corrected chi connectivity index (χ2v) is 8.88. The fourth-order valence-electron chi connectivity index (χ4n) is 3.89. The van der Waals surface area contributed by atoms with Crippen LogP contribution in [0.1, 0.15) is 27.8 Å². The predicted octanol–water partition coefficient (Wildman–Crippen LogP) is 5.27. The first-order valence-electron chi connectivity index (χ1n) is 10.5. The van der Waals surface area contributed by atoms with Crippen molar-refractivity contribution in [1.29, 1.82) is 0 Å². The molecule has 2 aromatic carbocycles. The summed E-state index contributed by atoms with van der Waals surface area (Å²) in [5.74, 6) is 0. The van der Waals surface area contributed by atoms with Crippen molar-refractivity contribution in [2.45, 2.75) is 26.2 Å². The Balaban J connectivity index is 1.23. The molecule has 1 fully saturated rings. The lowest BCUT2D eigenvalue weighted by molar-refractivity contribution is 0.261. The largest absolute Gasteiger partial charge is 0.369 e. The first-order valence-corrected chi connectivity index (χ1v) is 11.3. The number of aryl methyl sites for hydroxylation is 1. The Hall–Kier alpha value is -2.10. The summed E-state index contributed by atoms with van der Waals surface area (Å²) in [6.45, 7) is 7.99. The lowest BCUT2D eigenvalue weighted by atomic mass is 10.1. The van der Waals surface area contributed by atoms with E-state index in [1.807, 2.05) is 11.3 Å². The van der Waals surface area contributed by atoms with Crippen molar-refractivity contribution in [2.75, 3.05) is 37.6 Å². The fraction of sp³-hybridized carbons (Fsp3) is 0.360. The zero-order valence-corrected chi connectivity index (χ0v) is 17.6. The van der Waals surface area contributed by atoms with Gasteiger partial charge >= 0.3 is 0 Å². The molecule has 28 heavy (non-hydrogen) atoms. The summed E-state index contributed by atoms with van der Waals surface area (Å²) < 4.78 is 0. The van der Waals surface area contributed by atoms with E-state index in [0.29, 0.717) is 0 Å². The van der Waals surface area contributed by atoms with Crippen LogP contribution in [0.15, 0.2) is 66.7 Å². The standard InChI is InChI=1S/C25H30N2S/c1-2-21-8-10-23(11-9-21)27-18-16-26(17-19-27)15-14-24-12-13-25(28-24)20-22-6-4-3-5-7-22/h3-13H,2,14-20H2,1H3. The third kappa shape index (κ3) is 5.03. The number of thiophene rings is 1. The van der Waals surface area contributed by atoms with Crippen molar-refractivity contribution in [3.05, 3.63) is 87.6 Å². The number of benzene rings is 2. The molecule has 1 saturated heterocycles. The topological polar surface area (TPSA) is 6.48 Å². The number of anilines is 1. The molecule has 1 aliphatic heterocycles. The van der Waals surface area contributed by atoms with Crippen LogP contribution in [-0.2, 0) is 19.3 Å². The Morgan fingerprint density at radius 3 is 2.18 bits per heavy atom. The van der Waals surface area contributed by atoms with E-state index in [1.54, 1.807) is 0 Å². The van der Waals surface area contributed by atoms with Crippen molar-refractivity contribution in [2.24, 2.45) is 0 Å². The summed E-state index contributed by atoms with van der Waals surface area (Å²) in [6.07, 6.45) is 3.34. The molecule has 0 unspecified atom stereocenters. The summed E-state index contributed by atoms with van der Waals surface area (Å²) in [6, 6.07) is 24.5. The van der Waals surface area contributed by atoms with Gasteiger partial charge in [0.15, 0.2) is 0 Å². The molecule has 0 N–H and O–H groups in total. The van der Waals surface area contributed by atoms with E-state index in [9.17, 15) is 0 Å². The Morgan fingerprint density at radius 1 is 0.750 bits per heavy atom. The highest BCUT2D eigenvalue weighted by Gasteiger charge is 2.17. The van der Waals surface area contributed by atoms with Crippen LogP contribution in [0.3, 0.4) is 0 Å². The molecule has 0 aliphatic carbocycles. The smallest absolute Gasteiger partial charge is 0.0367 e. The van der Waals surface area contributed by atoms with E-state index < -0.39 is 0 Å². The van der Waals surface area contributed by atoms with Gasteiger partial charge in [-0.2, -0.15) is 0 Å². The van der Waals surface area contributed by atoms with Crippen LogP contribution in [0.25, 0.3) is 0 Å². The van der Waals surface area contributed by atoms with Gasteiger partial charge in [0.25, 0.3) is 0 Å². The number of nitrogens with zero attached hydrogens (tertiary/aromatic N) is 2. The van der Waals surface area contributed by atoms with Gasteiger partial charge in [-0.1, -0.05) is 49.4 Å². The molecule has 3 heteroatoms. The molecular weight excluding hydrogens is 360 g/mol. The molecular formula is C25H30N2S. The van der Waals surface area contributed by atoms with Crippen LogP contribution >= 0.6 is 11.3 Å². The van der Waals surface area contributed by atoms with Gasteiger partial charge in [-0.15, -0.1) is 11.3 Å². The highest BCUT2D eigenvalue weighted by atomic mass is 32.1. The van der Waals surface area contributed by atoms with E-state index in [0.717, 1.165) is 39.0 Å². The molecule has 3 aromatic rings. The zero-order chi connectivity index (χ0) is 19.2. The SMILES string of the molecule is CCc1ccc(N2CCN(CCc3ccc(Cc4ccccc4)s3)CC2)cc1. The summed E-state index contributed by atoms with van der Waals surface area (Å²) in [5.41, 5.74) is 4.20. The molecule has 0 amide bonds. The van der Waals surface area contributed by atoms with Crippen molar-refractivity contribution in [3.8, 4) is 0 Å². The molecule has 2 nitrogen and oxygen atoms in total. The van der Waals surface area contributed by atoms with Crippen LogP contribution in [0.2, 0.25) is 0 Å². The summed E-state index contributed by atoms with van der Waals surface area (Å²) in [4.78, 5) is 8.14. The number of hydrogen-bond acceptors (Lipinski definition) is 3. The predicted molar refractivity (Wildman–Crippen MR) is 122 cm³/mol. The van der Waals surface area contributed by atoms with E-state index in [2.05, 4.69) is 83.5 Å². The average molecular weight is 391 g/mol. The average Bonchev–Trinajstić information content (AvgIpc) is 3.21. The van der Waals surface area contributed by atoms with Gasteiger partial charge in [0.2, 0.25) is 0 Å². The number of rotatable bonds is 7. The normalized spacial score (nSPS) is 15.1. The highest BCUT2D eigenvalue weighted by Crippen LogP contribution is 2.22. The van der Waals surface area contributed by atoms with E-state index >= 15 is 0 Å². The Kier molecular flexibility index (Phi) is 6.45. The van der Waals surface area contributed by atoms with Crippen LogP contribution in [0.5, 0.6) is 0 Å². The minimum atomic E-state index is 1.06. The monoisotopic (exact) mass is 390 g/mol. The molecule has 146 valence electrons. The fourth-order valence-corrected chi connectivity index (χ4v) is 4.93. The minimum Gasteiger partial charge on any atom is -0.369 e. The molecule has 2 heterocycles. The molecule has 0 atom stereocenters. The molecule has 4 rings (SSSR count). The maximum absolute atomic E-state index is 2.62. The van der Waals surface area contributed by atoms with E-state index in [-0.39, 0.29) is 0 Å². The maximum Gasteiger partial charge on any atom is 0.0367 e. The number of hydrogen-bond donors (Lipinski definition) is 0. The first kappa shape index (κ1) is 19.2. The van der Waals surface area contributed by atoms with Crippen molar-refractivity contribution in [1.82, 2.24) is 4.90 Å².